The van der Waals surface area contributed by atoms with Crippen LogP contribution in [0.4, 0.5) is 0 Å². The largest absolute Gasteiger partial charge is 0.342 e. The van der Waals surface area contributed by atoms with E-state index in [0.717, 1.165) is 25.9 Å². The predicted molar refractivity (Wildman–Crippen MR) is 99.2 cm³/mol. The molecular weight excluding hydrogens is 383 g/mol. The van der Waals surface area contributed by atoms with Crippen LogP contribution >= 0.6 is 23.2 Å². The Labute approximate surface area is 158 Å². The molecule has 8 heteroatoms. The van der Waals surface area contributed by atoms with E-state index in [4.69, 9.17) is 23.2 Å². The van der Waals surface area contributed by atoms with Gasteiger partial charge in [0, 0.05) is 32.1 Å². The SMILES string of the molecule is O=C(C1CCN(S(=O)(=O)Cc2ccc(Cl)c(Cl)c2)CC1)N1CCCC1. The third kappa shape index (κ3) is 4.48. The number of hydrogen-bond acceptors (Lipinski definition) is 3. The minimum Gasteiger partial charge on any atom is -0.342 e. The Morgan fingerprint density at radius 2 is 1.68 bits per heavy atom. The van der Waals surface area contributed by atoms with Gasteiger partial charge in [0.25, 0.3) is 0 Å². The van der Waals surface area contributed by atoms with E-state index in [-0.39, 0.29) is 17.6 Å². The Hall–Kier alpha value is -0.820. The zero-order chi connectivity index (χ0) is 18.0. The number of likely N-dealkylation sites (tertiary alicyclic amines) is 1. The smallest absolute Gasteiger partial charge is 0.225 e. The van der Waals surface area contributed by atoms with Crippen molar-refractivity contribution in [2.75, 3.05) is 26.2 Å². The van der Waals surface area contributed by atoms with E-state index >= 15 is 0 Å². The molecule has 25 heavy (non-hydrogen) atoms. The molecule has 0 aliphatic carbocycles. The molecule has 2 heterocycles. The van der Waals surface area contributed by atoms with Gasteiger partial charge in [-0.1, -0.05) is 29.3 Å². The molecule has 0 bridgehead atoms. The molecule has 0 radical (unpaired) electrons. The lowest BCUT2D eigenvalue weighted by atomic mass is 9.97. The molecule has 1 amide bonds. The van der Waals surface area contributed by atoms with E-state index in [1.165, 1.54) is 4.31 Å². The molecule has 0 atom stereocenters. The number of piperidine rings is 1. The van der Waals surface area contributed by atoms with E-state index in [2.05, 4.69) is 0 Å². The van der Waals surface area contributed by atoms with Crippen LogP contribution in [0.5, 0.6) is 0 Å². The van der Waals surface area contributed by atoms with Gasteiger partial charge in [0.1, 0.15) is 0 Å². The Balaban J connectivity index is 1.59. The monoisotopic (exact) mass is 404 g/mol. The molecule has 1 aromatic carbocycles. The van der Waals surface area contributed by atoms with Gasteiger partial charge < -0.3 is 4.90 Å². The molecule has 0 N–H and O–H groups in total. The number of nitrogens with zero attached hydrogens (tertiary/aromatic N) is 2. The zero-order valence-electron chi connectivity index (χ0n) is 14.0. The maximum atomic E-state index is 12.6. The number of carbonyl (C=O) groups excluding carboxylic acids is 1. The van der Waals surface area contributed by atoms with Gasteiger partial charge in [0.05, 0.1) is 15.8 Å². The Morgan fingerprint density at radius 3 is 2.28 bits per heavy atom. The summed E-state index contributed by atoms with van der Waals surface area (Å²) in [7, 11) is -3.43. The van der Waals surface area contributed by atoms with Crippen LogP contribution in [0.25, 0.3) is 0 Å². The predicted octanol–water partition coefficient (Wildman–Crippen LogP) is 3.16. The van der Waals surface area contributed by atoms with Crippen LogP contribution in [-0.2, 0) is 20.6 Å². The number of halogens is 2. The summed E-state index contributed by atoms with van der Waals surface area (Å²) in [6.07, 6.45) is 3.33. The first-order valence-corrected chi connectivity index (χ1v) is 10.9. The lowest BCUT2D eigenvalue weighted by Crippen LogP contribution is -2.44. The van der Waals surface area contributed by atoms with E-state index < -0.39 is 10.0 Å². The Kier molecular flexibility index (Phi) is 5.93. The molecule has 138 valence electrons. The lowest BCUT2D eigenvalue weighted by molar-refractivity contribution is -0.135. The van der Waals surface area contributed by atoms with E-state index in [0.29, 0.717) is 41.5 Å². The minimum atomic E-state index is -3.43. The summed E-state index contributed by atoms with van der Waals surface area (Å²) >= 11 is 11.8. The van der Waals surface area contributed by atoms with E-state index in [1.54, 1.807) is 18.2 Å². The van der Waals surface area contributed by atoms with Gasteiger partial charge in [-0.3, -0.25) is 4.79 Å². The van der Waals surface area contributed by atoms with Crippen molar-refractivity contribution in [1.82, 2.24) is 9.21 Å². The van der Waals surface area contributed by atoms with Crippen molar-refractivity contribution >= 4 is 39.1 Å². The second-order valence-corrected chi connectivity index (χ2v) is 9.49. The number of hydrogen-bond donors (Lipinski definition) is 0. The highest BCUT2D eigenvalue weighted by Gasteiger charge is 2.33. The maximum Gasteiger partial charge on any atom is 0.225 e. The summed E-state index contributed by atoms with van der Waals surface area (Å²) in [5, 5.41) is 0.758. The molecule has 2 saturated heterocycles. The number of amides is 1. The van der Waals surface area contributed by atoms with Gasteiger partial charge >= 0.3 is 0 Å². The second kappa shape index (κ2) is 7.82. The van der Waals surface area contributed by atoms with Crippen LogP contribution in [0, 0.1) is 5.92 Å². The summed E-state index contributed by atoms with van der Waals surface area (Å²) in [5.41, 5.74) is 0.615. The van der Waals surface area contributed by atoms with Gasteiger partial charge in [0.2, 0.25) is 15.9 Å². The molecule has 5 nitrogen and oxygen atoms in total. The minimum absolute atomic E-state index is 0.0467. The average Bonchev–Trinajstić information content (AvgIpc) is 3.12. The standard InChI is InChI=1S/C17H22Cl2N2O3S/c18-15-4-3-13(11-16(15)19)12-25(23,24)21-9-5-14(6-10-21)17(22)20-7-1-2-8-20/h3-4,11,14H,1-2,5-10,12H2. The summed E-state index contributed by atoms with van der Waals surface area (Å²) in [6, 6.07) is 4.87. The van der Waals surface area contributed by atoms with E-state index in [1.807, 2.05) is 4.90 Å². The fraction of sp³-hybridized carbons (Fsp3) is 0.588. The quantitative estimate of drug-likeness (QED) is 0.773. The first kappa shape index (κ1) is 19.0. The van der Waals surface area contributed by atoms with Crippen molar-refractivity contribution in [3.8, 4) is 0 Å². The van der Waals surface area contributed by atoms with Crippen molar-refractivity contribution < 1.29 is 13.2 Å². The second-order valence-electron chi connectivity index (χ2n) is 6.71. The highest BCUT2D eigenvalue weighted by Crippen LogP contribution is 2.27. The molecule has 0 unspecified atom stereocenters. The molecule has 2 aliphatic heterocycles. The van der Waals surface area contributed by atoms with E-state index in [9.17, 15) is 13.2 Å². The van der Waals surface area contributed by atoms with Crippen molar-refractivity contribution in [2.24, 2.45) is 5.92 Å². The first-order valence-electron chi connectivity index (χ1n) is 8.57. The molecular formula is C17H22Cl2N2O3S. The number of benzene rings is 1. The Morgan fingerprint density at radius 1 is 1.04 bits per heavy atom. The van der Waals surface area contributed by atoms with Crippen molar-refractivity contribution in [3.05, 3.63) is 33.8 Å². The number of carbonyl (C=O) groups is 1. The Bertz CT molecular complexity index is 740. The highest BCUT2D eigenvalue weighted by atomic mass is 35.5. The summed E-state index contributed by atoms with van der Waals surface area (Å²) < 4.78 is 26.8. The topological polar surface area (TPSA) is 57.7 Å². The molecule has 2 fully saturated rings. The number of sulfonamides is 1. The van der Waals surface area contributed by atoms with Crippen molar-refractivity contribution in [3.63, 3.8) is 0 Å². The molecule has 0 saturated carbocycles. The normalized spacial score (nSPS) is 20.2. The maximum absolute atomic E-state index is 12.6. The molecule has 3 rings (SSSR count). The fourth-order valence-corrected chi connectivity index (χ4v) is 5.38. The molecule has 2 aliphatic rings. The van der Waals surface area contributed by atoms with Gasteiger partial charge in [0.15, 0.2) is 0 Å². The highest BCUT2D eigenvalue weighted by molar-refractivity contribution is 7.88. The van der Waals surface area contributed by atoms with Crippen LogP contribution < -0.4 is 0 Å². The van der Waals surface area contributed by atoms with Crippen molar-refractivity contribution in [1.29, 1.82) is 0 Å². The lowest BCUT2D eigenvalue weighted by Gasteiger charge is -2.32. The van der Waals surface area contributed by atoms with Crippen LogP contribution in [0.2, 0.25) is 10.0 Å². The van der Waals surface area contributed by atoms with Gasteiger partial charge in [-0.25, -0.2) is 12.7 Å². The van der Waals surface area contributed by atoms with Crippen LogP contribution in [0.15, 0.2) is 18.2 Å². The average molecular weight is 405 g/mol. The van der Waals surface area contributed by atoms with Gasteiger partial charge in [-0.2, -0.15) is 0 Å². The van der Waals surface area contributed by atoms with Crippen LogP contribution in [-0.4, -0.2) is 49.7 Å². The van der Waals surface area contributed by atoms with Crippen LogP contribution in [0.3, 0.4) is 0 Å². The third-order valence-corrected chi connectivity index (χ3v) is 7.54. The van der Waals surface area contributed by atoms with Gasteiger partial charge in [-0.15, -0.1) is 0 Å². The fourth-order valence-electron chi connectivity index (χ4n) is 3.51. The van der Waals surface area contributed by atoms with Crippen molar-refractivity contribution in [2.45, 2.75) is 31.4 Å². The number of rotatable bonds is 4. The molecule has 0 spiro atoms. The van der Waals surface area contributed by atoms with Gasteiger partial charge in [-0.05, 0) is 43.4 Å². The third-order valence-electron chi connectivity index (χ3n) is 4.95. The first-order chi connectivity index (χ1) is 11.9. The summed E-state index contributed by atoms with van der Waals surface area (Å²) in [5.74, 6) is 0.0443. The van der Waals surface area contributed by atoms with Crippen LogP contribution in [0.1, 0.15) is 31.2 Å². The molecule has 0 aromatic heterocycles. The zero-order valence-corrected chi connectivity index (χ0v) is 16.3. The summed E-state index contributed by atoms with van der Waals surface area (Å²) in [4.78, 5) is 14.4. The molecule has 1 aromatic rings. The summed E-state index contributed by atoms with van der Waals surface area (Å²) in [6.45, 7) is 2.48.